The highest BCUT2D eigenvalue weighted by Gasteiger charge is 2.38. The molecule has 0 aromatic heterocycles. The van der Waals surface area contributed by atoms with Crippen LogP contribution < -0.4 is 0 Å². The van der Waals surface area contributed by atoms with Crippen LogP contribution in [0.25, 0.3) is 0 Å². The number of hydrogen-bond acceptors (Lipinski definition) is 3. The van der Waals surface area contributed by atoms with Crippen LogP contribution in [-0.4, -0.2) is 58.5 Å². The van der Waals surface area contributed by atoms with Gasteiger partial charge in [0, 0.05) is 31.5 Å². The first-order valence-corrected chi connectivity index (χ1v) is 8.19. The molecule has 0 bridgehead atoms. The lowest BCUT2D eigenvalue weighted by atomic mass is 9.93. The maximum Gasteiger partial charge on any atom is 0.245 e. The molecule has 2 heterocycles. The van der Waals surface area contributed by atoms with Gasteiger partial charge in [0.05, 0.1) is 6.10 Å². The highest BCUT2D eigenvalue weighted by Crippen LogP contribution is 2.25. The molecule has 2 rings (SSSR count). The van der Waals surface area contributed by atoms with Crippen LogP contribution in [-0.2, 0) is 9.59 Å². The minimum absolute atomic E-state index is 0.0648. The van der Waals surface area contributed by atoms with Gasteiger partial charge in [0.1, 0.15) is 6.04 Å². The minimum Gasteiger partial charge on any atom is -0.393 e. The summed E-state index contributed by atoms with van der Waals surface area (Å²) in [6, 6.07) is -0.285. The number of aliphatic hydroxyl groups is 1. The van der Waals surface area contributed by atoms with Gasteiger partial charge >= 0.3 is 0 Å². The molecule has 2 saturated heterocycles. The molecule has 2 amide bonds. The Bertz CT molecular complexity index is 395. The van der Waals surface area contributed by atoms with Gasteiger partial charge in [-0.05, 0) is 32.6 Å². The standard InChI is InChI=1S/C16H28N2O3/c1-11(2)15(20)18-9-5-7-14(18)16(21)17-8-4-6-13(10-17)12(3)19/h11-14,19H,4-10H2,1-3H3. The number of nitrogens with zero attached hydrogens (tertiary/aromatic N) is 2. The van der Waals surface area contributed by atoms with Crippen LogP contribution >= 0.6 is 0 Å². The number of carbonyl (C=O) groups is 2. The molecule has 5 nitrogen and oxygen atoms in total. The zero-order valence-corrected chi connectivity index (χ0v) is 13.4. The van der Waals surface area contributed by atoms with Crippen LogP contribution in [0.2, 0.25) is 0 Å². The SMILES string of the molecule is CC(C)C(=O)N1CCCC1C(=O)N1CCCC(C(C)O)C1. The van der Waals surface area contributed by atoms with Crippen molar-refractivity contribution in [1.82, 2.24) is 9.80 Å². The quantitative estimate of drug-likeness (QED) is 0.853. The third-order valence-electron chi connectivity index (χ3n) is 4.77. The Hall–Kier alpha value is -1.10. The van der Waals surface area contributed by atoms with E-state index in [9.17, 15) is 14.7 Å². The number of rotatable bonds is 3. The molecule has 2 fully saturated rings. The fourth-order valence-electron chi connectivity index (χ4n) is 3.43. The summed E-state index contributed by atoms with van der Waals surface area (Å²) in [7, 11) is 0. The van der Waals surface area contributed by atoms with E-state index in [2.05, 4.69) is 0 Å². The Kier molecular flexibility index (Phi) is 5.25. The molecule has 2 aliphatic heterocycles. The highest BCUT2D eigenvalue weighted by molar-refractivity contribution is 5.89. The molecule has 0 aliphatic carbocycles. The van der Waals surface area contributed by atoms with Gasteiger partial charge in [0.25, 0.3) is 0 Å². The Balaban J connectivity index is 2.03. The Morgan fingerprint density at radius 3 is 2.38 bits per heavy atom. The van der Waals surface area contributed by atoms with Crippen LogP contribution in [0, 0.1) is 11.8 Å². The maximum atomic E-state index is 12.8. The van der Waals surface area contributed by atoms with E-state index in [0.29, 0.717) is 13.1 Å². The zero-order valence-electron chi connectivity index (χ0n) is 13.4. The van der Waals surface area contributed by atoms with Crippen LogP contribution in [0.4, 0.5) is 0 Å². The third-order valence-corrected chi connectivity index (χ3v) is 4.77. The third kappa shape index (κ3) is 3.57. The second-order valence-corrected chi connectivity index (χ2v) is 6.77. The highest BCUT2D eigenvalue weighted by atomic mass is 16.3. The van der Waals surface area contributed by atoms with Gasteiger partial charge < -0.3 is 14.9 Å². The molecule has 3 atom stereocenters. The average Bonchev–Trinajstić information content (AvgIpc) is 2.94. The summed E-state index contributed by atoms with van der Waals surface area (Å²) in [5, 5.41) is 9.75. The molecule has 120 valence electrons. The minimum atomic E-state index is -0.377. The molecule has 21 heavy (non-hydrogen) atoms. The molecule has 0 radical (unpaired) electrons. The maximum absolute atomic E-state index is 12.8. The predicted molar refractivity (Wildman–Crippen MR) is 80.6 cm³/mol. The van der Waals surface area contributed by atoms with Crippen molar-refractivity contribution < 1.29 is 14.7 Å². The second-order valence-electron chi connectivity index (χ2n) is 6.77. The van der Waals surface area contributed by atoms with E-state index in [1.165, 1.54) is 0 Å². The fraction of sp³-hybridized carbons (Fsp3) is 0.875. The first kappa shape index (κ1) is 16.3. The van der Waals surface area contributed by atoms with Gasteiger partial charge in [-0.15, -0.1) is 0 Å². The molecule has 2 aliphatic rings. The number of likely N-dealkylation sites (tertiary alicyclic amines) is 2. The topological polar surface area (TPSA) is 60.9 Å². The number of carbonyl (C=O) groups excluding carboxylic acids is 2. The van der Waals surface area contributed by atoms with Crippen LogP contribution in [0.5, 0.6) is 0 Å². The van der Waals surface area contributed by atoms with Crippen molar-refractivity contribution in [2.24, 2.45) is 11.8 Å². The van der Waals surface area contributed by atoms with Crippen molar-refractivity contribution >= 4 is 11.8 Å². The van der Waals surface area contributed by atoms with Crippen molar-refractivity contribution in [3.05, 3.63) is 0 Å². The Labute approximate surface area is 127 Å². The van der Waals surface area contributed by atoms with Crippen molar-refractivity contribution in [2.75, 3.05) is 19.6 Å². The smallest absolute Gasteiger partial charge is 0.245 e. The summed E-state index contributed by atoms with van der Waals surface area (Å²) < 4.78 is 0. The van der Waals surface area contributed by atoms with E-state index in [4.69, 9.17) is 0 Å². The molecular weight excluding hydrogens is 268 g/mol. The molecule has 1 N–H and O–H groups in total. The largest absolute Gasteiger partial charge is 0.393 e. The monoisotopic (exact) mass is 296 g/mol. The van der Waals surface area contributed by atoms with Gasteiger partial charge in [-0.25, -0.2) is 0 Å². The van der Waals surface area contributed by atoms with Crippen molar-refractivity contribution in [3.63, 3.8) is 0 Å². The van der Waals surface area contributed by atoms with Crippen LogP contribution in [0.3, 0.4) is 0 Å². The van der Waals surface area contributed by atoms with Gasteiger partial charge in [-0.1, -0.05) is 13.8 Å². The van der Waals surface area contributed by atoms with Crippen LogP contribution in [0.15, 0.2) is 0 Å². The molecule has 3 unspecified atom stereocenters. The predicted octanol–water partition coefficient (Wildman–Crippen LogP) is 1.25. The van der Waals surface area contributed by atoms with E-state index < -0.39 is 0 Å². The second kappa shape index (κ2) is 6.77. The van der Waals surface area contributed by atoms with Crippen LogP contribution in [0.1, 0.15) is 46.5 Å². The Morgan fingerprint density at radius 1 is 1.10 bits per heavy atom. The lowest BCUT2D eigenvalue weighted by Crippen LogP contribution is -2.52. The Morgan fingerprint density at radius 2 is 1.76 bits per heavy atom. The van der Waals surface area contributed by atoms with Gasteiger partial charge in [0.2, 0.25) is 11.8 Å². The molecule has 0 aromatic rings. The van der Waals surface area contributed by atoms with E-state index >= 15 is 0 Å². The summed E-state index contributed by atoms with van der Waals surface area (Å²) >= 11 is 0. The molecule has 0 saturated carbocycles. The zero-order chi connectivity index (χ0) is 15.6. The van der Waals surface area contributed by atoms with Gasteiger partial charge in [0.15, 0.2) is 0 Å². The number of amides is 2. The van der Waals surface area contributed by atoms with E-state index in [-0.39, 0.29) is 35.8 Å². The number of hydrogen-bond donors (Lipinski definition) is 1. The first-order valence-electron chi connectivity index (χ1n) is 8.19. The molecule has 0 spiro atoms. The lowest BCUT2D eigenvalue weighted by molar-refractivity contribution is -0.147. The number of piperidine rings is 1. The van der Waals surface area contributed by atoms with E-state index in [0.717, 1.165) is 32.2 Å². The van der Waals surface area contributed by atoms with Gasteiger partial charge in [-0.2, -0.15) is 0 Å². The van der Waals surface area contributed by atoms with Gasteiger partial charge in [-0.3, -0.25) is 9.59 Å². The summed E-state index contributed by atoms with van der Waals surface area (Å²) in [5.41, 5.74) is 0. The van der Waals surface area contributed by atoms with E-state index in [1.54, 1.807) is 11.8 Å². The summed E-state index contributed by atoms with van der Waals surface area (Å²) in [5.74, 6) is 0.255. The lowest BCUT2D eigenvalue weighted by Gasteiger charge is -2.37. The average molecular weight is 296 g/mol. The summed E-state index contributed by atoms with van der Waals surface area (Å²) in [6.07, 6.45) is 3.21. The molecule has 5 heteroatoms. The van der Waals surface area contributed by atoms with E-state index in [1.807, 2.05) is 18.7 Å². The molecule has 0 aromatic carbocycles. The van der Waals surface area contributed by atoms with Crippen molar-refractivity contribution in [2.45, 2.75) is 58.6 Å². The fourth-order valence-corrected chi connectivity index (χ4v) is 3.43. The first-order chi connectivity index (χ1) is 9.91. The summed E-state index contributed by atoms with van der Waals surface area (Å²) in [6.45, 7) is 7.63. The van der Waals surface area contributed by atoms with Crippen molar-refractivity contribution in [1.29, 1.82) is 0 Å². The van der Waals surface area contributed by atoms with Crippen molar-refractivity contribution in [3.8, 4) is 0 Å². The summed E-state index contributed by atoms with van der Waals surface area (Å²) in [4.78, 5) is 28.6. The molecular formula is C16H28N2O3. The number of aliphatic hydroxyl groups excluding tert-OH is 1. The normalized spacial score (nSPS) is 28.0.